The van der Waals surface area contributed by atoms with E-state index in [2.05, 4.69) is 20.5 Å². The van der Waals surface area contributed by atoms with Crippen molar-refractivity contribution in [2.45, 2.75) is 17.3 Å². The Labute approximate surface area is 148 Å². The molecule has 8 heteroatoms. The second kappa shape index (κ2) is 7.43. The zero-order valence-electron chi connectivity index (χ0n) is 13.7. The van der Waals surface area contributed by atoms with Crippen molar-refractivity contribution in [1.29, 1.82) is 0 Å². The molecule has 0 fully saturated rings. The summed E-state index contributed by atoms with van der Waals surface area (Å²) in [6.45, 7) is 1.76. The van der Waals surface area contributed by atoms with E-state index in [0.29, 0.717) is 16.7 Å². The maximum Gasteiger partial charge on any atom is 0.237 e. The second-order valence-corrected chi connectivity index (χ2v) is 6.67. The number of pyridine rings is 1. The molecule has 0 aliphatic carbocycles. The van der Waals surface area contributed by atoms with Crippen LogP contribution in [0.1, 0.15) is 6.92 Å². The summed E-state index contributed by atoms with van der Waals surface area (Å²) in [5, 5.41) is 11.2. The van der Waals surface area contributed by atoms with Gasteiger partial charge in [0.15, 0.2) is 11.0 Å². The van der Waals surface area contributed by atoms with Crippen molar-refractivity contribution in [2.75, 3.05) is 5.32 Å². The lowest BCUT2D eigenvalue weighted by Gasteiger charge is -2.11. The molecule has 6 nitrogen and oxygen atoms in total. The predicted molar refractivity (Wildman–Crippen MR) is 94.6 cm³/mol. The SMILES string of the molecule is CC(Sc1nnc(-c2cccnc2)n1C)C(=O)Nc1cccc(F)c1. The van der Waals surface area contributed by atoms with Gasteiger partial charge >= 0.3 is 0 Å². The number of amides is 1. The van der Waals surface area contributed by atoms with E-state index in [1.54, 1.807) is 31.5 Å². The minimum Gasteiger partial charge on any atom is -0.325 e. The van der Waals surface area contributed by atoms with Gasteiger partial charge in [-0.3, -0.25) is 9.78 Å². The van der Waals surface area contributed by atoms with Crippen molar-refractivity contribution in [3.05, 3.63) is 54.6 Å². The Morgan fingerprint density at radius 2 is 2.12 bits per heavy atom. The molecular weight excluding hydrogens is 341 g/mol. The zero-order valence-corrected chi connectivity index (χ0v) is 14.5. The lowest BCUT2D eigenvalue weighted by atomic mass is 10.3. The smallest absolute Gasteiger partial charge is 0.237 e. The van der Waals surface area contributed by atoms with Gasteiger partial charge in [0, 0.05) is 30.7 Å². The van der Waals surface area contributed by atoms with Crippen molar-refractivity contribution in [2.24, 2.45) is 7.05 Å². The molecule has 1 unspecified atom stereocenters. The number of hydrogen-bond acceptors (Lipinski definition) is 5. The molecule has 25 heavy (non-hydrogen) atoms. The van der Waals surface area contributed by atoms with Gasteiger partial charge in [-0.25, -0.2) is 4.39 Å². The van der Waals surface area contributed by atoms with Crippen LogP contribution in [0.3, 0.4) is 0 Å². The Hall–Kier alpha value is -2.74. The van der Waals surface area contributed by atoms with Crippen LogP contribution in [-0.2, 0) is 11.8 Å². The zero-order chi connectivity index (χ0) is 17.8. The Balaban J connectivity index is 1.70. The molecular formula is C17H16FN5OS. The molecule has 1 atom stereocenters. The highest BCUT2D eigenvalue weighted by molar-refractivity contribution is 8.00. The summed E-state index contributed by atoms with van der Waals surface area (Å²) in [6, 6.07) is 9.51. The summed E-state index contributed by atoms with van der Waals surface area (Å²) in [7, 11) is 1.84. The van der Waals surface area contributed by atoms with E-state index in [1.165, 1.54) is 23.9 Å². The molecule has 1 N–H and O–H groups in total. The highest BCUT2D eigenvalue weighted by Crippen LogP contribution is 2.26. The number of rotatable bonds is 5. The van der Waals surface area contributed by atoms with Gasteiger partial charge in [0.1, 0.15) is 5.82 Å². The molecule has 0 aliphatic heterocycles. The van der Waals surface area contributed by atoms with Crippen LogP contribution < -0.4 is 5.32 Å². The molecule has 1 amide bonds. The fourth-order valence-electron chi connectivity index (χ4n) is 2.19. The van der Waals surface area contributed by atoms with Crippen LogP contribution in [0.5, 0.6) is 0 Å². The Bertz CT molecular complexity index is 884. The molecule has 2 heterocycles. The van der Waals surface area contributed by atoms with Crippen LogP contribution in [0.2, 0.25) is 0 Å². The number of carbonyl (C=O) groups excluding carboxylic acids is 1. The van der Waals surface area contributed by atoms with Crippen LogP contribution in [0.15, 0.2) is 53.9 Å². The molecule has 0 saturated heterocycles. The lowest BCUT2D eigenvalue weighted by molar-refractivity contribution is -0.115. The fourth-order valence-corrected chi connectivity index (χ4v) is 3.00. The molecule has 128 valence electrons. The third kappa shape index (κ3) is 4.03. The van der Waals surface area contributed by atoms with Gasteiger partial charge in [-0.05, 0) is 37.3 Å². The van der Waals surface area contributed by atoms with E-state index in [4.69, 9.17) is 0 Å². The second-order valence-electron chi connectivity index (χ2n) is 5.37. The highest BCUT2D eigenvalue weighted by atomic mass is 32.2. The van der Waals surface area contributed by atoms with Crippen LogP contribution in [0.25, 0.3) is 11.4 Å². The minimum absolute atomic E-state index is 0.235. The first kappa shape index (κ1) is 17.1. The molecule has 3 aromatic rings. The molecule has 2 aromatic heterocycles. The number of anilines is 1. The quantitative estimate of drug-likeness (QED) is 0.710. The number of benzene rings is 1. The van der Waals surface area contributed by atoms with Crippen LogP contribution in [0.4, 0.5) is 10.1 Å². The van der Waals surface area contributed by atoms with Gasteiger partial charge in [0.25, 0.3) is 0 Å². The van der Waals surface area contributed by atoms with Crippen LogP contribution in [0, 0.1) is 5.82 Å². The van der Waals surface area contributed by atoms with Crippen LogP contribution in [-0.4, -0.2) is 30.9 Å². The first-order chi connectivity index (χ1) is 12.0. The summed E-state index contributed by atoms with van der Waals surface area (Å²) in [5.74, 6) is 0.0439. The molecule has 0 bridgehead atoms. The van der Waals surface area contributed by atoms with E-state index >= 15 is 0 Å². The Morgan fingerprint density at radius 3 is 2.84 bits per heavy atom. The summed E-state index contributed by atoms with van der Waals surface area (Å²) < 4.78 is 15.0. The summed E-state index contributed by atoms with van der Waals surface area (Å²) in [5.41, 5.74) is 1.27. The number of thioether (sulfide) groups is 1. The van der Waals surface area contributed by atoms with Gasteiger partial charge in [-0.2, -0.15) is 0 Å². The van der Waals surface area contributed by atoms with E-state index in [0.717, 1.165) is 5.56 Å². The molecule has 1 aromatic carbocycles. The Morgan fingerprint density at radius 1 is 1.28 bits per heavy atom. The van der Waals surface area contributed by atoms with Gasteiger partial charge in [-0.15, -0.1) is 10.2 Å². The summed E-state index contributed by atoms with van der Waals surface area (Å²) in [4.78, 5) is 16.4. The summed E-state index contributed by atoms with van der Waals surface area (Å²) in [6.07, 6.45) is 3.40. The fraction of sp³-hybridized carbons (Fsp3) is 0.176. The number of nitrogens with one attached hydrogen (secondary N) is 1. The number of nitrogens with zero attached hydrogens (tertiary/aromatic N) is 4. The first-order valence-electron chi connectivity index (χ1n) is 7.57. The van der Waals surface area contributed by atoms with Crippen LogP contribution >= 0.6 is 11.8 Å². The van der Waals surface area contributed by atoms with E-state index in [1.807, 2.05) is 23.7 Å². The van der Waals surface area contributed by atoms with Gasteiger partial charge in [0.05, 0.1) is 5.25 Å². The van der Waals surface area contributed by atoms with E-state index in [9.17, 15) is 9.18 Å². The molecule has 3 rings (SSSR count). The topological polar surface area (TPSA) is 72.7 Å². The van der Waals surface area contributed by atoms with Crippen molar-refractivity contribution in [3.8, 4) is 11.4 Å². The average molecular weight is 357 g/mol. The number of carbonyl (C=O) groups is 1. The monoisotopic (exact) mass is 357 g/mol. The first-order valence-corrected chi connectivity index (χ1v) is 8.45. The van der Waals surface area contributed by atoms with Crippen molar-refractivity contribution in [1.82, 2.24) is 19.7 Å². The highest BCUT2D eigenvalue weighted by Gasteiger charge is 2.19. The lowest BCUT2D eigenvalue weighted by Crippen LogP contribution is -2.22. The van der Waals surface area contributed by atoms with Gasteiger partial charge in [-0.1, -0.05) is 17.8 Å². The summed E-state index contributed by atoms with van der Waals surface area (Å²) >= 11 is 1.28. The number of aromatic nitrogens is 4. The molecule has 0 spiro atoms. The van der Waals surface area contributed by atoms with E-state index in [-0.39, 0.29) is 5.91 Å². The van der Waals surface area contributed by atoms with Crippen molar-refractivity contribution >= 4 is 23.4 Å². The van der Waals surface area contributed by atoms with Gasteiger partial charge in [0.2, 0.25) is 5.91 Å². The van der Waals surface area contributed by atoms with Crippen molar-refractivity contribution in [3.63, 3.8) is 0 Å². The normalized spacial score (nSPS) is 12.0. The van der Waals surface area contributed by atoms with Crippen molar-refractivity contribution < 1.29 is 9.18 Å². The maximum absolute atomic E-state index is 13.2. The minimum atomic E-state index is -0.423. The number of halogens is 1. The standard InChI is InChI=1S/C17H16FN5OS/c1-11(16(24)20-14-7-3-6-13(18)9-14)25-17-22-21-15(23(17)2)12-5-4-8-19-10-12/h3-11H,1-2H3,(H,20,24). The maximum atomic E-state index is 13.2. The number of hydrogen-bond donors (Lipinski definition) is 1. The average Bonchev–Trinajstić information content (AvgIpc) is 2.96. The molecule has 0 aliphatic rings. The third-order valence-corrected chi connectivity index (χ3v) is 4.63. The molecule has 0 radical (unpaired) electrons. The largest absolute Gasteiger partial charge is 0.325 e. The van der Waals surface area contributed by atoms with Gasteiger partial charge < -0.3 is 9.88 Å². The molecule has 0 saturated carbocycles. The van der Waals surface area contributed by atoms with E-state index < -0.39 is 11.1 Å². The predicted octanol–water partition coefficient (Wildman–Crippen LogP) is 3.14. The Kier molecular flexibility index (Phi) is 5.08. The third-order valence-electron chi connectivity index (χ3n) is 3.50.